The molecule has 3 atom stereocenters. The summed E-state index contributed by atoms with van der Waals surface area (Å²) in [6, 6.07) is 16.1. The second-order valence-corrected chi connectivity index (χ2v) is 8.30. The first-order chi connectivity index (χ1) is 13.0. The molecule has 0 spiro atoms. The lowest BCUT2D eigenvalue weighted by Crippen LogP contribution is -2.43. The molecular formula is C21H19ClO4S. The zero-order valence-electron chi connectivity index (χ0n) is 14.5. The van der Waals surface area contributed by atoms with Gasteiger partial charge in [-0.2, -0.15) is 0 Å². The predicted octanol–water partition coefficient (Wildman–Crippen LogP) is 3.90. The van der Waals surface area contributed by atoms with Crippen LogP contribution >= 0.6 is 22.9 Å². The van der Waals surface area contributed by atoms with Gasteiger partial charge in [0.25, 0.3) is 0 Å². The molecule has 140 valence electrons. The molecule has 1 aliphatic heterocycles. The van der Waals surface area contributed by atoms with E-state index in [1.165, 1.54) is 15.0 Å². The highest BCUT2D eigenvalue weighted by atomic mass is 35.5. The molecule has 1 unspecified atom stereocenters. The van der Waals surface area contributed by atoms with E-state index in [0.29, 0.717) is 11.4 Å². The first-order valence-electron chi connectivity index (χ1n) is 8.79. The number of carbonyl (C=O) groups excluding carboxylic acids is 1. The highest BCUT2D eigenvalue weighted by molar-refractivity contribution is 7.19. The molecule has 0 radical (unpaired) electrons. The summed E-state index contributed by atoms with van der Waals surface area (Å²) in [6.45, 7) is -0.436. The van der Waals surface area contributed by atoms with Gasteiger partial charge in [-0.3, -0.25) is 4.79 Å². The van der Waals surface area contributed by atoms with Crippen LogP contribution in [-0.2, 0) is 16.0 Å². The molecule has 4 rings (SSSR count). The zero-order valence-corrected chi connectivity index (χ0v) is 16.0. The first kappa shape index (κ1) is 18.6. The van der Waals surface area contributed by atoms with Crippen LogP contribution in [0.3, 0.4) is 0 Å². The summed E-state index contributed by atoms with van der Waals surface area (Å²) < 4.78 is 6.94. The van der Waals surface area contributed by atoms with Crippen molar-refractivity contribution in [3.8, 4) is 0 Å². The average molecular weight is 403 g/mol. The molecule has 1 aliphatic rings. The van der Waals surface area contributed by atoms with Crippen LogP contribution in [0.25, 0.3) is 10.1 Å². The van der Waals surface area contributed by atoms with Crippen molar-refractivity contribution in [2.45, 2.75) is 31.2 Å². The highest BCUT2D eigenvalue weighted by Gasteiger charge is 2.36. The van der Waals surface area contributed by atoms with Gasteiger partial charge in [0, 0.05) is 27.4 Å². The number of benzene rings is 2. The molecule has 1 aromatic heterocycles. The van der Waals surface area contributed by atoms with Gasteiger partial charge in [-0.25, -0.2) is 0 Å². The molecule has 6 heteroatoms. The van der Waals surface area contributed by atoms with Crippen molar-refractivity contribution < 1.29 is 19.7 Å². The normalized spacial score (nSPS) is 23.1. The lowest BCUT2D eigenvalue weighted by atomic mass is 9.94. The third-order valence-electron chi connectivity index (χ3n) is 4.86. The van der Waals surface area contributed by atoms with Crippen molar-refractivity contribution in [1.82, 2.24) is 0 Å². The molecule has 27 heavy (non-hydrogen) atoms. The first-order valence-corrected chi connectivity index (χ1v) is 9.98. The number of thiophene rings is 1. The van der Waals surface area contributed by atoms with E-state index in [-0.39, 0.29) is 6.42 Å². The van der Waals surface area contributed by atoms with Gasteiger partial charge in [0.05, 0.1) is 12.7 Å². The number of fused-ring (bicyclic) bond motifs is 1. The van der Waals surface area contributed by atoms with Crippen molar-refractivity contribution in [3.05, 3.63) is 69.6 Å². The third kappa shape index (κ3) is 3.79. The Kier molecular flexibility index (Phi) is 5.30. The summed E-state index contributed by atoms with van der Waals surface area (Å²) in [5.74, 6) is -0.465. The number of ketones is 1. The quantitative estimate of drug-likeness (QED) is 0.694. The van der Waals surface area contributed by atoms with Crippen molar-refractivity contribution in [1.29, 1.82) is 0 Å². The minimum Gasteiger partial charge on any atom is -0.393 e. The second-order valence-electron chi connectivity index (χ2n) is 6.73. The Morgan fingerprint density at radius 2 is 2.00 bits per heavy atom. The Balaban J connectivity index is 1.60. The van der Waals surface area contributed by atoms with Crippen LogP contribution in [0.2, 0.25) is 5.02 Å². The molecule has 1 fully saturated rings. The van der Waals surface area contributed by atoms with Gasteiger partial charge in [0.1, 0.15) is 12.2 Å². The van der Waals surface area contributed by atoms with Gasteiger partial charge >= 0.3 is 0 Å². The number of hydrogen-bond donors (Lipinski definition) is 2. The summed E-state index contributed by atoms with van der Waals surface area (Å²) in [7, 11) is 0. The molecule has 3 aromatic rings. The minimum atomic E-state index is -1.12. The van der Waals surface area contributed by atoms with E-state index in [1.54, 1.807) is 11.3 Å². The highest BCUT2D eigenvalue weighted by Crippen LogP contribution is 2.34. The monoisotopic (exact) mass is 402 g/mol. The zero-order chi connectivity index (χ0) is 19.0. The van der Waals surface area contributed by atoms with Crippen LogP contribution in [-0.4, -0.2) is 34.8 Å². The minimum absolute atomic E-state index is 0.180. The fraction of sp³-hybridized carbons (Fsp3) is 0.286. The molecule has 0 aliphatic carbocycles. The van der Waals surface area contributed by atoms with Gasteiger partial charge < -0.3 is 14.9 Å². The lowest BCUT2D eigenvalue weighted by molar-refractivity contribution is -0.161. The molecule has 2 heterocycles. The molecule has 2 N–H and O–H groups in total. The standard InChI is InChI=1S/C21H19ClO4S/c22-16-6-5-12(18-10-17(24)21(25)19(11-23)26-18)7-14(16)9-15-8-13-3-1-2-4-20(13)27-15/h1-8,17-19,23-24H,9-11H2/t17?,18-,19-/m1/s1. The Bertz CT molecular complexity index is 950. The summed E-state index contributed by atoms with van der Waals surface area (Å²) in [5.41, 5.74) is 1.82. The molecule has 4 nitrogen and oxygen atoms in total. The van der Waals surface area contributed by atoms with Crippen LogP contribution in [0.4, 0.5) is 0 Å². The van der Waals surface area contributed by atoms with Crippen molar-refractivity contribution in [2.75, 3.05) is 6.61 Å². The van der Waals surface area contributed by atoms with Gasteiger partial charge in [0.2, 0.25) is 0 Å². The Labute approximate surface area is 166 Å². The molecule has 0 bridgehead atoms. The van der Waals surface area contributed by atoms with E-state index in [2.05, 4.69) is 18.2 Å². The maximum absolute atomic E-state index is 11.8. The van der Waals surface area contributed by atoms with E-state index in [1.807, 2.05) is 30.3 Å². The number of rotatable bonds is 4. The predicted molar refractivity (Wildman–Crippen MR) is 106 cm³/mol. The summed E-state index contributed by atoms with van der Waals surface area (Å²) in [6.07, 6.45) is -1.68. The number of aliphatic hydroxyl groups is 2. The Morgan fingerprint density at radius 3 is 2.78 bits per heavy atom. The molecule has 1 saturated heterocycles. The molecule has 2 aromatic carbocycles. The number of hydrogen-bond acceptors (Lipinski definition) is 5. The van der Waals surface area contributed by atoms with E-state index >= 15 is 0 Å². The number of Topliss-reactive ketones (excluding diaryl/α,β-unsaturated/α-hetero) is 1. The SMILES string of the molecule is O=C1C(O)C[C@H](c2ccc(Cl)c(Cc3cc4ccccc4s3)c2)O[C@@H]1CO. The van der Waals surface area contributed by atoms with Crippen molar-refractivity contribution >= 4 is 38.8 Å². The van der Waals surface area contributed by atoms with Crippen molar-refractivity contribution in [3.63, 3.8) is 0 Å². The van der Waals surface area contributed by atoms with Crippen LogP contribution in [0.15, 0.2) is 48.5 Å². The van der Waals surface area contributed by atoms with Gasteiger partial charge in [0.15, 0.2) is 5.78 Å². The van der Waals surface area contributed by atoms with E-state index < -0.39 is 30.7 Å². The maximum atomic E-state index is 11.8. The average Bonchev–Trinajstić information content (AvgIpc) is 3.08. The number of carbonyl (C=O) groups is 1. The van der Waals surface area contributed by atoms with Gasteiger partial charge in [-0.15, -0.1) is 11.3 Å². The number of ether oxygens (including phenoxy) is 1. The van der Waals surface area contributed by atoms with Crippen LogP contribution < -0.4 is 0 Å². The van der Waals surface area contributed by atoms with Crippen molar-refractivity contribution in [2.24, 2.45) is 0 Å². The fourth-order valence-electron chi connectivity index (χ4n) is 3.44. The number of halogens is 1. The third-order valence-corrected chi connectivity index (χ3v) is 6.35. The van der Waals surface area contributed by atoms with E-state index in [0.717, 1.165) is 11.1 Å². The van der Waals surface area contributed by atoms with Crippen LogP contribution in [0.1, 0.15) is 28.5 Å². The maximum Gasteiger partial charge on any atom is 0.192 e. The van der Waals surface area contributed by atoms with Gasteiger partial charge in [-0.1, -0.05) is 41.9 Å². The smallest absolute Gasteiger partial charge is 0.192 e. The summed E-state index contributed by atoms with van der Waals surface area (Å²) in [4.78, 5) is 13.0. The Hall–Kier alpha value is -1.76. The Morgan fingerprint density at radius 1 is 1.19 bits per heavy atom. The van der Waals surface area contributed by atoms with Crippen LogP contribution in [0.5, 0.6) is 0 Å². The number of aliphatic hydroxyl groups excluding tert-OH is 2. The summed E-state index contributed by atoms with van der Waals surface area (Å²) in [5, 5.41) is 21.2. The second kappa shape index (κ2) is 7.70. The largest absolute Gasteiger partial charge is 0.393 e. The lowest BCUT2D eigenvalue weighted by Gasteiger charge is -2.31. The van der Waals surface area contributed by atoms with E-state index in [9.17, 15) is 15.0 Å². The summed E-state index contributed by atoms with van der Waals surface area (Å²) >= 11 is 8.15. The topological polar surface area (TPSA) is 66.8 Å². The molecule has 0 amide bonds. The molecular weight excluding hydrogens is 384 g/mol. The fourth-order valence-corrected chi connectivity index (χ4v) is 4.72. The molecule has 0 saturated carbocycles. The van der Waals surface area contributed by atoms with Crippen LogP contribution in [0, 0.1) is 0 Å². The van der Waals surface area contributed by atoms with E-state index in [4.69, 9.17) is 16.3 Å². The van der Waals surface area contributed by atoms with Gasteiger partial charge in [-0.05, 0) is 34.7 Å².